The number of likely N-dealkylation sites (tertiary alicyclic amines) is 1. The first kappa shape index (κ1) is 21.3. The average molecular weight is 430 g/mol. The molecule has 30 heavy (non-hydrogen) atoms. The molecule has 4 rings (SSSR count). The number of likely N-dealkylation sites (N-methyl/N-ethyl adjacent to an activating group) is 1. The number of hydrogen-bond donors (Lipinski definition) is 0. The third-order valence-electron chi connectivity index (χ3n) is 6.69. The molecule has 0 N–H and O–H groups in total. The molecule has 162 valence electrons. The molecule has 2 unspecified atom stereocenters. The van der Waals surface area contributed by atoms with E-state index < -0.39 is 0 Å². The standard InChI is InChI=1S/C23H32ClN5O/c1-17(18-9-11-20(24)12-10-18)27(2)22(30)16-28-13-6-7-19(15-28)23-26-25-21-8-4-3-5-14-29(21)23/h9-12,17,19H,3-8,13-16H2,1-2H3. The Labute approximate surface area is 184 Å². The molecule has 1 aromatic heterocycles. The minimum absolute atomic E-state index is 0.0163. The van der Waals surface area contributed by atoms with Crippen LogP contribution in [0.4, 0.5) is 0 Å². The summed E-state index contributed by atoms with van der Waals surface area (Å²) in [5.74, 6) is 2.79. The lowest BCUT2D eigenvalue weighted by atomic mass is 9.97. The molecule has 6 nitrogen and oxygen atoms in total. The fourth-order valence-electron chi connectivity index (χ4n) is 4.70. The minimum Gasteiger partial charge on any atom is -0.338 e. The Hall–Kier alpha value is -1.92. The van der Waals surface area contributed by atoms with E-state index in [4.69, 9.17) is 11.6 Å². The maximum atomic E-state index is 13.0. The number of amides is 1. The van der Waals surface area contributed by atoms with E-state index in [-0.39, 0.29) is 11.9 Å². The number of rotatable bonds is 5. The molecule has 2 atom stereocenters. The molecule has 2 aliphatic rings. The second-order valence-electron chi connectivity index (χ2n) is 8.74. The van der Waals surface area contributed by atoms with E-state index in [2.05, 4.69) is 26.6 Å². The van der Waals surface area contributed by atoms with Gasteiger partial charge in [0.25, 0.3) is 0 Å². The van der Waals surface area contributed by atoms with Gasteiger partial charge < -0.3 is 9.47 Å². The molecule has 0 bridgehead atoms. The van der Waals surface area contributed by atoms with Crippen molar-refractivity contribution < 1.29 is 4.79 Å². The van der Waals surface area contributed by atoms with Crippen LogP contribution in [0.25, 0.3) is 0 Å². The van der Waals surface area contributed by atoms with Gasteiger partial charge >= 0.3 is 0 Å². The van der Waals surface area contributed by atoms with Gasteiger partial charge in [-0.3, -0.25) is 9.69 Å². The molecule has 1 fully saturated rings. The highest BCUT2D eigenvalue weighted by molar-refractivity contribution is 6.30. The predicted molar refractivity (Wildman–Crippen MR) is 119 cm³/mol. The number of carbonyl (C=O) groups excluding carboxylic acids is 1. The summed E-state index contributed by atoms with van der Waals surface area (Å²) in [6, 6.07) is 7.75. The van der Waals surface area contributed by atoms with Gasteiger partial charge in [-0.2, -0.15) is 0 Å². The summed E-state index contributed by atoms with van der Waals surface area (Å²) in [7, 11) is 1.89. The highest BCUT2D eigenvalue weighted by atomic mass is 35.5. The van der Waals surface area contributed by atoms with E-state index in [1.54, 1.807) is 0 Å². The first-order valence-corrected chi connectivity index (χ1v) is 11.6. The SMILES string of the molecule is CC(c1ccc(Cl)cc1)N(C)C(=O)CN1CCCC(c2nnc3n2CCCCC3)C1. The van der Waals surface area contributed by atoms with Crippen molar-refractivity contribution in [3.05, 3.63) is 46.5 Å². The molecule has 1 saturated heterocycles. The Morgan fingerprint density at radius 3 is 2.77 bits per heavy atom. The van der Waals surface area contributed by atoms with Gasteiger partial charge in [-0.05, 0) is 56.8 Å². The van der Waals surface area contributed by atoms with Crippen LogP contribution in [0.15, 0.2) is 24.3 Å². The zero-order valence-electron chi connectivity index (χ0n) is 18.1. The van der Waals surface area contributed by atoms with Crippen LogP contribution < -0.4 is 0 Å². The predicted octanol–water partition coefficient (Wildman–Crippen LogP) is 4.06. The third-order valence-corrected chi connectivity index (χ3v) is 6.95. The van der Waals surface area contributed by atoms with Gasteiger partial charge in [0, 0.05) is 37.5 Å². The summed E-state index contributed by atoms with van der Waals surface area (Å²) < 4.78 is 2.36. The normalized spacial score (nSPS) is 21.0. The van der Waals surface area contributed by atoms with Crippen LogP contribution in [0.1, 0.15) is 68.2 Å². The van der Waals surface area contributed by atoms with Crippen molar-refractivity contribution in [2.45, 2.75) is 64.0 Å². The number of benzene rings is 1. The molecular weight excluding hydrogens is 398 g/mol. The zero-order valence-corrected chi connectivity index (χ0v) is 18.8. The van der Waals surface area contributed by atoms with Gasteiger partial charge in [-0.1, -0.05) is 30.2 Å². The van der Waals surface area contributed by atoms with Crippen LogP contribution >= 0.6 is 11.6 Å². The van der Waals surface area contributed by atoms with Crippen LogP contribution in [-0.4, -0.2) is 57.2 Å². The maximum Gasteiger partial charge on any atom is 0.236 e. The van der Waals surface area contributed by atoms with Crippen molar-refractivity contribution in [1.29, 1.82) is 0 Å². The summed E-state index contributed by atoms with van der Waals surface area (Å²) in [6.07, 6.45) is 6.94. The first-order valence-electron chi connectivity index (χ1n) is 11.2. The number of aromatic nitrogens is 3. The van der Waals surface area contributed by atoms with E-state index in [0.717, 1.165) is 56.1 Å². The van der Waals surface area contributed by atoms with Crippen LogP contribution in [0.3, 0.4) is 0 Å². The molecule has 7 heteroatoms. The van der Waals surface area contributed by atoms with E-state index in [1.807, 2.05) is 36.2 Å². The molecule has 3 heterocycles. The maximum absolute atomic E-state index is 13.0. The third kappa shape index (κ3) is 4.70. The number of carbonyl (C=O) groups is 1. The van der Waals surface area contributed by atoms with E-state index in [1.165, 1.54) is 19.3 Å². The molecule has 1 aromatic carbocycles. The molecular formula is C23H32ClN5O. The topological polar surface area (TPSA) is 54.3 Å². The summed E-state index contributed by atoms with van der Waals surface area (Å²) in [6.45, 7) is 5.39. The van der Waals surface area contributed by atoms with E-state index in [9.17, 15) is 4.79 Å². The van der Waals surface area contributed by atoms with Crippen molar-refractivity contribution in [2.24, 2.45) is 0 Å². The van der Waals surface area contributed by atoms with Crippen molar-refractivity contribution in [3.63, 3.8) is 0 Å². The average Bonchev–Trinajstić information content (AvgIpc) is 3.01. The number of fused-ring (bicyclic) bond motifs is 1. The largest absolute Gasteiger partial charge is 0.338 e. The Bertz CT molecular complexity index is 865. The molecule has 1 amide bonds. The monoisotopic (exact) mass is 429 g/mol. The van der Waals surface area contributed by atoms with Crippen molar-refractivity contribution in [3.8, 4) is 0 Å². The highest BCUT2D eigenvalue weighted by Crippen LogP contribution is 2.28. The second kappa shape index (κ2) is 9.48. The van der Waals surface area contributed by atoms with Gasteiger partial charge in [0.1, 0.15) is 11.6 Å². The number of hydrogen-bond acceptors (Lipinski definition) is 4. The Morgan fingerprint density at radius 2 is 1.97 bits per heavy atom. The molecule has 0 radical (unpaired) electrons. The van der Waals surface area contributed by atoms with Crippen LogP contribution in [0.5, 0.6) is 0 Å². The molecule has 0 aliphatic carbocycles. The van der Waals surface area contributed by atoms with Gasteiger partial charge in [0.15, 0.2) is 0 Å². The Balaban J connectivity index is 1.38. The Kier molecular flexibility index (Phi) is 6.74. The summed E-state index contributed by atoms with van der Waals surface area (Å²) in [4.78, 5) is 17.1. The highest BCUT2D eigenvalue weighted by Gasteiger charge is 2.29. The molecule has 2 aromatic rings. The van der Waals surface area contributed by atoms with Crippen LogP contribution in [0.2, 0.25) is 5.02 Å². The zero-order chi connectivity index (χ0) is 21.1. The van der Waals surface area contributed by atoms with Crippen LogP contribution in [0, 0.1) is 0 Å². The van der Waals surface area contributed by atoms with Crippen molar-refractivity contribution >= 4 is 17.5 Å². The number of aryl methyl sites for hydroxylation is 1. The lowest BCUT2D eigenvalue weighted by Gasteiger charge is -2.34. The lowest BCUT2D eigenvalue weighted by Crippen LogP contribution is -2.43. The summed E-state index contributed by atoms with van der Waals surface area (Å²) in [5.41, 5.74) is 1.10. The van der Waals surface area contributed by atoms with Gasteiger partial charge in [-0.15, -0.1) is 10.2 Å². The summed E-state index contributed by atoms with van der Waals surface area (Å²) in [5, 5.41) is 9.76. The summed E-state index contributed by atoms with van der Waals surface area (Å²) >= 11 is 6.00. The molecule has 0 spiro atoms. The number of nitrogens with zero attached hydrogens (tertiary/aromatic N) is 5. The van der Waals surface area contributed by atoms with Gasteiger partial charge in [0.2, 0.25) is 5.91 Å². The van der Waals surface area contributed by atoms with E-state index in [0.29, 0.717) is 17.5 Å². The second-order valence-corrected chi connectivity index (χ2v) is 9.18. The lowest BCUT2D eigenvalue weighted by molar-refractivity contribution is -0.133. The minimum atomic E-state index is 0.0163. The van der Waals surface area contributed by atoms with E-state index >= 15 is 0 Å². The van der Waals surface area contributed by atoms with Crippen LogP contribution in [-0.2, 0) is 17.8 Å². The first-order chi connectivity index (χ1) is 14.5. The van der Waals surface area contributed by atoms with Gasteiger partial charge in [-0.25, -0.2) is 0 Å². The number of piperidine rings is 1. The van der Waals surface area contributed by atoms with Gasteiger partial charge in [0.05, 0.1) is 12.6 Å². The van der Waals surface area contributed by atoms with Crippen molar-refractivity contribution in [2.75, 3.05) is 26.7 Å². The molecule has 0 saturated carbocycles. The smallest absolute Gasteiger partial charge is 0.236 e. The Morgan fingerprint density at radius 1 is 1.17 bits per heavy atom. The fraction of sp³-hybridized carbons (Fsp3) is 0.609. The fourth-order valence-corrected chi connectivity index (χ4v) is 4.83. The van der Waals surface area contributed by atoms with Crippen molar-refractivity contribution in [1.82, 2.24) is 24.6 Å². The molecule has 2 aliphatic heterocycles. The number of halogens is 1. The quantitative estimate of drug-likeness (QED) is 0.719.